The minimum absolute atomic E-state index is 0.300. The lowest BCUT2D eigenvalue weighted by molar-refractivity contribution is -0.119. The van der Waals surface area contributed by atoms with E-state index in [9.17, 15) is 9.18 Å². The maximum absolute atomic E-state index is 14.2. The number of anilines is 2. The highest BCUT2D eigenvalue weighted by Crippen LogP contribution is 2.33. The molecule has 0 aliphatic carbocycles. The third-order valence-electron chi connectivity index (χ3n) is 5.05. The van der Waals surface area contributed by atoms with Crippen molar-refractivity contribution in [3.8, 4) is 5.88 Å². The Labute approximate surface area is 158 Å². The van der Waals surface area contributed by atoms with Gasteiger partial charge in [0, 0.05) is 25.3 Å². The zero-order chi connectivity index (χ0) is 19.6. The summed E-state index contributed by atoms with van der Waals surface area (Å²) in [6, 6.07) is 7.96. The van der Waals surface area contributed by atoms with Gasteiger partial charge in [0.2, 0.25) is 11.8 Å². The molecule has 1 aromatic heterocycles. The molecule has 2 aromatic rings. The number of piperazine rings is 1. The fourth-order valence-electron chi connectivity index (χ4n) is 3.57. The third-order valence-corrected chi connectivity index (χ3v) is 5.05. The lowest BCUT2D eigenvalue weighted by atomic mass is 10.1. The molecule has 1 aliphatic rings. The minimum Gasteiger partial charge on any atom is -0.480 e. The first-order valence-corrected chi connectivity index (χ1v) is 9.06. The molecule has 0 bridgehead atoms. The van der Waals surface area contributed by atoms with Gasteiger partial charge in [-0.3, -0.25) is 4.79 Å². The van der Waals surface area contributed by atoms with Crippen LogP contribution >= 0.6 is 0 Å². The summed E-state index contributed by atoms with van der Waals surface area (Å²) in [7, 11) is 1.56. The van der Waals surface area contributed by atoms with Crippen molar-refractivity contribution in [2.24, 2.45) is 5.73 Å². The summed E-state index contributed by atoms with van der Waals surface area (Å²) in [6.07, 6.45) is 0.826. The van der Waals surface area contributed by atoms with Crippen LogP contribution in [0.1, 0.15) is 18.2 Å². The molecule has 27 heavy (non-hydrogen) atoms. The molecule has 1 saturated heterocycles. The van der Waals surface area contributed by atoms with Crippen LogP contribution in [0, 0.1) is 12.7 Å². The maximum Gasteiger partial charge on any atom is 0.241 e. The molecule has 144 valence electrons. The van der Waals surface area contributed by atoms with Crippen molar-refractivity contribution in [2.75, 3.05) is 36.5 Å². The number of carbonyl (C=O) groups excluding carboxylic acids is 1. The predicted molar refractivity (Wildman–Crippen MR) is 104 cm³/mol. The number of amides is 1. The molecular formula is C20H25FN4O2. The molecule has 3 rings (SSSR count). The van der Waals surface area contributed by atoms with E-state index in [1.165, 1.54) is 6.07 Å². The second kappa shape index (κ2) is 7.82. The van der Waals surface area contributed by atoms with Gasteiger partial charge in [0.05, 0.1) is 12.8 Å². The molecule has 2 N–H and O–H groups in total. The van der Waals surface area contributed by atoms with Crippen molar-refractivity contribution in [3.63, 3.8) is 0 Å². The lowest BCUT2D eigenvalue weighted by Crippen LogP contribution is -2.59. The molecule has 0 spiro atoms. The van der Waals surface area contributed by atoms with E-state index in [0.29, 0.717) is 31.2 Å². The van der Waals surface area contributed by atoms with Crippen LogP contribution in [0.2, 0.25) is 0 Å². The Kier molecular flexibility index (Phi) is 5.48. The van der Waals surface area contributed by atoms with E-state index in [1.807, 2.05) is 22.8 Å². The maximum atomic E-state index is 14.2. The number of halogens is 1. The Morgan fingerprint density at radius 2 is 2.07 bits per heavy atom. The van der Waals surface area contributed by atoms with Crippen LogP contribution in [-0.4, -0.2) is 43.7 Å². The third kappa shape index (κ3) is 3.67. The summed E-state index contributed by atoms with van der Waals surface area (Å²) in [6.45, 7) is 5.36. The molecule has 1 fully saturated rings. The quantitative estimate of drug-likeness (QED) is 0.872. The number of methoxy groups -OCH3 is 1. The first kappa shape index (κ1) is 18.9. The van der Waals surface area contributed by atoms with Crippen LogP contribution in [0.15, 0.2) is 30.3 Å². The second-order valence-corrected chi connectivity index (χ2v) is 6.62. The van der Waals surface area contributed by atoms with Crippen LogP contribution in [0.5, 0.6) is 5.88 Å². The van der Waals surface area contributed by atoms with Crippen molar-refractivity contribution in [1.82, 2.24) is 4.98 Å². The zero-order valence-electron chi connectivity index (χ0n) is 15.9. The van der Waals surface area contributed by atoms with Gasteiger partial charge < -0.3 is 20.3 Å². The SMILES string of the molecule is CCc1cc(N2CCN(c3ccccc3F)CC2C(N)=O)c(OC)nc1C. The van der Waals surface area contributed by atoms with Crippen molar-refractivity contribution in [3.05, 3.63) is 47.4 Å². The minimum atomic E-state index is -0.610. The number of hydrogen-bond acceptors (Lipinski definition) is 5. The number of benzene rings is 1. The number of nitrogens with two attached hydrogens (primary N) is 1. The average molecular weight is 372 g/mol. The second-order valence-electron chi connectivity index (χ2n) is 6.62. The fourth-order valence-corrected chi connectivity index (χ4v) is 3.57. The van der Waals surface area contributed by atoms with Crippen LogP contribution in [0.25, 0.3) is 0 Å². The molecule has 1 amide bonds. The van der Waals surface area contributed by atoms with E-state index in [4.69, 9.17) is 10.5 Å². The Morgan fingerprint density at radius 1 is 1.33 bits per heavy atom. The van der Waals surface area contributed by atoms with Gasteiger partial charge in [-0.05, 0) is 37.1 Å². The van der Waals surface area contributed by atoms with Gasteiger partial charge in [0.15, 0.2) is 0 Å². The van der Waals surface area contributed by atoms with Crippen molar-refractivity contribution < 1.29 is 13.9 Å². The number of primary amides is 1. The predicted octanol–water partition coefficient (Wildman–Crippen LogP) is 2.28. The largest absolute Gasteiger partial charge is 0.480 e. The fraction of sp³-hybridized carbons (Fsp3) is 0.400. The molecule has 1 aromatic carbocycles. The average Bonchev–Trinajstić information content (AvgIpc) is 2.67. The number of carbonyl (C=O) groups is 1. The van der Waals surface area contributed by atoms with E-state index in [1.54, 1.807) is 25.3 Å². The number of aryl methyl sites for hydroxylation is 2. The summed E-state index contributed by atoms with van der Waals surface area (Å²) >= 11 is 0. The molecule has 6 nitrogen and oxygen atoms in total. The van der Waals surface area contributed by atoms with E-state index in [2.05, 4.69) is 11.9 Å². The van der Waals surface area contributed by atoms with Gasteiger partial charge >= 0.3 is 0 Å². The standard InChI is InChI=1S/C20H25FN4O2/c1-4-14-11-17(20(27-3)23-13(14)2)25-10-9-24(12-18(25)19(22)26)16-8-6-5-7-15(16)21/h5-8,11,18H,4,9-10,12H2,1-3H3,(H2,22,26). The number of rotatable bonds is 5. The normalized spacial score (nSPS) is 17.1. The highest BCUT2D eigenvalue weighted by atomic mass is 19.1. The van der Waals surface area contributed by atoms with Gasteiger partial charge in [-0.25, -0.2) is 9.37 Å². The van der Waals surface area contributed by atoms with Gasteiger partial charge in [0.25, 0.3) is 0 Å². The number of nitrogens with zero attached hydrogens (tertiary/aromatic N) is 3. The Bertz CT molecular complexity index is 843. The van der Waals surface area contributed by atoms with Crippen LogP contribution in [-0.2, 0) is 11.2 Å². The summed E-state index contributed by atoms with van der Waals surface area (Å²) in [4.78, 5) is 20.5. The van der Waals surface area contributed by atoms with Crippen LogP contribution < -0.4 is 20.3 Å². The Hall–Kier alpha value is -2.83. The van der Waals surface area contributed by atoms with Gasteiger partial charge in [-0.1, -0.05) is 19.1 Å². The Morgan fingerprint density at radius 3 is 2.70 bits per heavy atom. The summed E-state index contributed by atoms with van der Waals surface area (Å²) in [5, 5.41) is 0. The van der Waals surface area contributed by atoms with Gasteiger partial charge in [-0.2, -0.15) is 0 Å². The highest BCUT2D eigenvalue weighted by Gasteiger charge is 2.34. The molecule has 1 unspecified atom stereocenters. The molecule has 0 saturated carbocycles. The molecule has 7 heteroatoms. The number of hydrogen-bond donors (Lipinski definition) is 1. The molecular weight excluding hydrogens is 347 g/mol. The zero-order valence-corrected chi connectivity index (χ0v) is 15.9. The summed E-state index contributed by atoms with van der Waals surface area (Å²) in [5.41, 5.74) is 8.92. The molecule has 1 aliphatic heterocycles. The number of para-hydroxylation sites is 1. The number of aromatic nitrogens is 1. The number of pyridine rings is 1. The number of ether oxygens (including phenoxy) is 1. The van der Waals surface area contributed by atoms with Crippen LogP contribution in [0.4, 0.5) is 15.8 Å². The van der Waals surface area contributed by atoms with Crippen molar-refractivity contribution in [2.45, 2.75) is 26.3 Å². The molecule has 0 radical (unpaired) electrons. The van der Waals surface area contributed by atoms with E-state index in [-0.39, 0.29) is 5.82 Å². The first-order chi connectivity index (χ1) is 13.0. The van der Waals surface area contributed by atoms with E-state index < -0.39 is 11.9 Å². The van der Waals surface area contributed by atoms with Crippen LogP contribution in [0.3, 0.4) is 0 Å². The van der Waals surface area contributed by atoms with Crippen molar-refractivity contribution >= 4 is 17.3 Å². The highest BCUT2D eigenvalue weighted by molar-refractivity contribution is 5.85. The summed E-state index contributed by atoms with van der Waals surface area (Å²) < 4.78 is 19.6. The summed E-state index contributed by atoms with van der Waals surface area (Å²) in [5.74, 6) is -0.302. The van der Waals surface area contributed by atoms with E-state index in [0.717, 1.165) is 23.4 Å². The first-order valence-electron chi connectivity index (χ1n) is 9.06. The Balaban J connectivity index is 1.96. The molecule has 2 heterocycles. The van der Waals surface area contributed by atoms with Gasteiger partial charge in [0.1, 0.15) is 17.5 Å². The molecule has 1 atom stereocenters. The smallest absolute Gasteiger partial charge is 0.241 e. The van der Waals surface area contributed by atoms with Crippen molar-refractivity contribution in [1.29, 1.82) is 0 Å². The van der Waals surface area contributed by atoms with Gasteiger partial charge in [-0.15, -0.1) is 0 Å². The lowest BCUT2D eigenvalue weighted by Gasteiger charge is -2.42. The van der Waals surface area contributed by atoms with E-state index >= 15 is 0 Å². The monoisotopic (exact) mass is 372 g/mol. The topological polar surface area (TPSA) is 71.7 Å².